The summed E-state index contributed by atoms with van der Waals surface area (Å²) in [6.07, 6.45) is 0. The predicted molar refractivity (Wildman–Crippen MR) is 123 cm³/mol. The molecule has 0 bridgehead atoms. The Balaban J connectivity index is 1.93. The van der Waals surface area contributed by atoms with Gasteiger partial charge in [0.15, 0.2) is 0 Å². The number of rotatable bonds is 9. The van der Waals surface area contributed by atoms with Gasteiger partial charge in [0.1, 0.15) is 12.3 Å². The first-order chi connectivity index (χ1) is 14.9. The van der Waals surface area contributed by atoms with Crippen molar-refractivity contribution in [2.75, 3.05) is 17.5 Å². The smallest absolute Gasteiger partial charge is 0.264 e. The molecule has 7 nitrogen and oxygen atoms in total. The molecule has 2 aromatic carbocycles. The third kappa shape index (κ3) is 5.50. The zero-order chi connectivity index (χ0) is 22.3. The molecule has 0 aliphatic carbocycles. The first-order valence-corrected chi connectivity index (χ1v) is 11.9. The maximum atomic E-state index is 13.4. The molecule has 9 heteroatoms. The van der Waals surface area contributed by atoms with Crippen LogP contribution in [0.25, 0.3) is 0 Å². The Labute approximate surface area is 186 Å². The molecule has 0 saturated heterocycles. The van der Waals surface area contributed by atoms with Crippen LogP contribution >= 0.6 is 11.3 Å². The Morgan fingerprint density at radius 3 is 2.45 bits per heavy atom. The minimum atomic E-state index is -4.03. The molecule has 1 amide bonds. The topological polar surface area (TPSA) is 88.1 Å². The number of hydrazone groups is 1. The summed E-state index contributed by atoms with van der Waals surface area (Å²) in [5.74, 6) is -0.197. The van der Waals surface area contributed by atoms with Crippen LogP contribution in [0.1, 0.15) is 18.7 Å². The summed E-state index contributed by atoms with van der Waals surface area (Å²) in [7, 11) is -4.03. The highest BCUT2D eigenvalue weighted by Gasteiger charge is 2.29. The predicted octanol–water partition coefficient (Wildman–Crippen LogP) is 3.88. The second kappa shape index (κ2) is 10.2. The summed E-state index contributed by atoms with van der Waals surface area (Å²) in [4.78, 5) is 13.7. The number of ether oxygens (including phenoxy) is 1. The Kier molecular flexibility index (Phi) is 7.43. The third-order valence-corrected chi connectivity index (χ3v) is 7.03. The molecule has 0 spiro atoms. The first-order valence-electron chi connectivity index (χ1n) is 9.60. The van der Waals surface area contributed by atoms with E-state index in [4.69, 9.17) is 4.74 Å². The van der Waals surface area contributed by atoms with Crippen LogP contribution in [0.15, 0.2) is 82.1 Å². The van der Waals surface area contributed by atoms with Crippen LogP contribution in [-0.4, -0.2) is 33.2 Å². The molecule has 0 atom stereocenters. The van der Waals surface area contributed by atoms with Gasteiger partial charge in [-0.3, -0.25) is 9.10 Å². The first kappa shape index (κ1) is 22.5. The van der Waals surface area contributed by atoms with Crippen molar-refractivity contribution in [3.05, 3.63) is 77.0 Å². The van der Waals surface area contributed by atoms with E-state index in [2.05, 4.69) is 10.5 Å². The van der Waals surface area contributed by atoms with Gasteiger partial charge in [-0.15, -0.1) is 11.3 Å². The van der Waals surface area contributed by atoms with Crippen LogP contribution in [0.5, 0.6) is 5.75 Å². The maximum Gasteiger partial charge on any atom is 0.264 e. The fourth-order valence-corrected chi connectivity index (χ4v) is 4.94. The molecule has 3 rings (SSSR count). The van der Waals surface area contributed by atoms with Gasteiger partial charge in [-0.1, -0.05) is 36.4 Å². The second-order valence-electron chi connectivity index (χ2n) is 6.43. The minimum absolute atomic E-state index is 0.0763. The third-order valence-electron chi connectivity index (χ3n) is 4.28. The van der Waals surface area contributed by atoms with E-state index < -0.39 is 22.5 Å². The molecule has 31 heavy (non-hydrogen) atoms. The molecule has 1 N–H and O–H groups in total. The molecular formula is C22H23N3O4S2. The van der Waals surface area contributed by atoms with Crippen molar-refractivity contribution in [1.29, 1.82) is 0 Å². The van der Waals surface area contributed by atoms with Crippen LogP contribution in [0.3, 0.4) is 0 Å². The molecule has 0 aliphatic heterocycles. The van der Waals surface area contributed by atoms with E-state index in [0.717, 1.165) is 9.18 Å². The van der Waals surface area contributed by atoms with Crippen LogP contribution in [0.4, 0.5) is 5.69 Å². The Morgan fingerprint density at radius 2 is 1.77 bits per heavy atom. The van der Waals surface area contributed by atoms with E-state index >= 15 is 0 Å². The Bertz CT molecular complexity index is 1140. The molecule has 0 aliphatic rings. The highest BCUT2D eigenvalue weighted by molar-refractivity contribution is 7.92. The summed E-state index contributed by atoms with van der Waals surface area (Å²) in [5.41, 5.74) is 3.37. The number of para-hydroxylation sites is 2. The standard InChI is InChI=1S/C22H23N3O4S2/c1-3-29-20-13-8-7-12-19(20)25(31(27,28)18-10-5-4-6-11-18)16-22(26)24-23-17(2)21-14-9-15-30-21/h4-15H,3,16H2,1-2H3,(H,24,26)/b23-17-. The zero-order valence-corrected chi connectivity index (χ0v) is 18.8. The minimum Gasteiger partial charge on any atom is -0.492 e. The van der Waals surface area contributed by atoms with E-state index in [1.54, 1.807) is 49.4 Å². The lowest BCUT2D eigenvalue weighted by molar-refractivity contribution is -0.119. The van der Waals surface area contributed by atoms with Crippen molar-refractivity contribution in [2.24, 2.45) is 5.10 Å². The highest BCUT2D eigenvalue weighted by Crippen LogP contribution is 2.32. The number of nitrogens with one attached hydrogen (secondary N) is 1. The zero-order valence-electron chi connectivity index (χ0n) is 17.2. The summed E-state index contributed by atoms with van der Waals surface area (Å²) >= 11 is 1.50. The van der Waals surface area contributed by atoms with Gasteiger partial charge in [0.25, 0.3) is 15.9 Å². The van der Waals surface area contributed by atoms with Crippen LogP contribution in [0, 0.1) is 0 Å². The normalized spacial score (nSPS) is 11.7. The lowest BCUT2D eigenvalue weighted by Gasteiger charge is -2.25. The summed E-state index contributed by atoms with van der Waals surface area (Å²) in [6.45, 7) is 3.48. The molecule has 0 radical (unpaired) electrons. The fraction of sp³-hybridized carbons (Fsp3) is 0.182. The molecule has 0 saturated carbocycles. The molecule has 162 valence electrons. The van der Waals surface area contributed by atoms with E-state index in [1.165, 1.54) is 23.5 Å². The van der Waals surface area contributed by atoms with Gasteiger partial charge in [-0.05, 0) is 49.6 Å². The van der Waals surface area contributed by atoms with Gasteiger partial charge in [0.2, 0.25) is 0 Å². The van der Waals surface area contributed by atoms with Gasteiger partial charge in [0, 0.05) is 4.88 Å². The number of amides is 1. The number of hydrogen-bond acceptors (Lipinski definition) is 6. The van der Waals surface area contributed by atoms with E-state index in [1.807, 2.05) is 24.4 Å². The van der Waals surface area contributed by atoms with Gasteiger partial charge < -0.3 is 4.74 Å². The van der Waals surface area contributed by atoms with Crippen molar-refractivity contribution < 1.29 is 17.9 Å². The van der Waals surface area contributed by atoms with E-state index in [-0.39, 0.29) is 10.6 Å². The maximum absolute atomic E-state index is 13.4. The summed E-state index contributed by atoms with van der Waals surface area (Å²) in [6, 6.07) is 18.5. The average molecular weight is 458 g/mol. The molecule has 3 aromatic rings. The largest absolute Gasteiger partial charge is 0.492 e. The number of hydrogen-bond donors (Lipinski definition) is 1. The monoisotopic (exact) mass is 457 g/mol. The van der Waals surface area contributed by atoms with Crippen LogP contribution in [-0.2, 0) is 14.8 Å². The number of nitrogens with zero attached hydrogens (tertiary/aromatic N) is 2. The lowest BCUT2D eigenvalue weighted by atomic mass is 10.3. The Morgan fingerprint density at radius 1 is 1.06 bits per heavy atom. The quantitative estimate of drug-likeness (QED) is 0.390. The van der Waals surface area contributed by atoms with Crippen molar-refractivity contribution in [3.8, 4) is 5.75 Å². The van der Waals surface area contributed by atoms with Gasteiger partial charge in [-0.25, -0.2) is 13.8 Å². The van der Waals surface area contributed by atoms with Crippen LogP contribution < -0.4 is 14.5 Å². The van der Waals surface area contributed by atoms with Gasteiger partial charge >= 0.3 is 0 Å². The number of carbonyl (C=O) groups excluding carboxylic acids is 1. The molecule has 0 fully saturated rings. The molecular weight excluding hydrogens is 434 g/mol. The van der Waals surface area contributed by atoms with Crippen molar-refractivity contribution in [2.45, 2.75) is 18.7 Å². The van der Waals surface area contributed by atoms with Crippen molar-refractivity contribution in [3.63, 3.8) is 0 Å². The van der Waals surface area contributed by atoms with Crippen molar-refractivity contribution in [1.82, 2.24) is 5.43 Å². The number of carbonyl (C=O) groups is 1. The van der Waals surface area contributed by atoms with Gasteiger partial charge in [0.05, 0.1) is 22.9 Å². The van der Waals surface area contributed by atoms with E-state index in [9.17, 15) is 13.2 Å². The number of sulfonamides is 1. The lowest BCUT2D eigenvalue weighted by Crippen LogP contribution is -2.40. The number of thiophene rings is 1. The van der Waals surface area contributed by atoms with Crippen LogP contribution in [0.2, 0.25) is 0 Å². The van der Waals surface area contributed by atoms with E-state index in [0.29, 0.717) is 18.1 Å². The molecule has 1 heterocycles. The fourth-order valence-electron chi connectivity index (χ4n) is 2.81. The molecule has 1 aromatic heterocycles. The average Bonchev–Trinajstić information content (AvgIpc) is 3.32. The SMILES string of the molecule is CCOc1ccccc1N(CC(=O)N/N=C(/C)c1cccs1)S(=O)(=O)c1ccccc1. The number of benzene rings is 2. The summed E-state index contributed by atoms with van der Waals surface area (Å²) in [5, 5.41) is 6.01. The summed E-state index contributed by atoms with van der Waals surface area (Å²) < 4.78 is 33.5. The number of anilines is 1. The van der Waals surface area contributed by atoms with Gasteiger partial charge in [-0.2, -0.15) is 5.10 Å². The highest BCUT2D eigenvalue weighted by atomic mass is 32.2. The molecule has 0 unspecified atom stereocenters. The Hall–Kier alpha value is -3.17. The van der Waals surface area contributed by atoms with Crippen molar-refractivity contribution >= 4 is 38.7 Å². The second-order valence-corrected chi connectivity index (χ2v) is 9.24.